The van der Waals surface area contributed by atoms with Crippen LogP contribution in [0, 0.1) is 0 Å². The summed E-state index contributed by atoms with van der Waals surface area (Å²) < 4.78 is 0. The van der Waals surface area contributed by atoms with Crippen LogP contribution in [0.5, 0.6) is 11.5 Å². The van der Waals surface area contributed by atoms with Gasteiger partial charge < -0.3 is 15.3 Å². The fourth-order valence-electron chi connectivity index (χ4n) is 3.01. The molecule has 0 amide bonds. The van der Waals surface area contributed by atoms with Gasteiger partial charge in [0.15, 0.2) is 5.78 Å². The molecule has 21 heavy (non-hydrogen) atoms. The molecule has 106 valence electrons. The molecule has 0 radical (unpaired) electrons. The van der Waals surface area contributed by atoms with Crippen molar-refractivity contribution in [1.29, 1.82) is 0 Å². The van der Waals surface area contributed by atoms with Crippen LogP contribution in [0.3, 0.4) is 0 Å². The zero-order valence-electron chi connectivity index (χ0n) is 11.2. The second-order valence-electron chi connectivity index (χ2n) is 5.08. The van der Waals surface area contributed by atoms with Gasteiger partial charge in [-0.05, 0) is 12.1 Å². The lowest BCUT2D eigenvalue weighted by molar-refractivity contribution is 0.0697. The molecule has 0 bridgehead atoms. The fourth-order valence-corrected chi connectivity index (χ4v) is 3.01. The lowest BCUT2D eigenvalue weighted by atomic mass is 9.72. The van der Waals surface area contributed by atoms with Crippen molar-refractivity contribution >= 4 is 5.78 Å². The van der Waals surface area contributed by atoms with E-state index in [-0.39, 0.29) is 46.0 Å². The van der Waals surface area contributed by atoms with E-state index < -0.39 is 5.60 Å². The number of phenolic OH excluding ortho intramolecular Hbond substituents is 2. The summed E-state index contributed by atoms with van der Waals surface area (Å²) in [6.45, 7) is 3.62. The summed E-state index contributed by atoms with van der Waals surface area (Å²) >= 11 is 0. The van der Waals surface area contributed by atoms with Gasteiger partial charge in [-0.1, -0.05) is 30.3 Å². The summed E-state index contributed by atoms with van der Waals surface area (Å²) in [5.41, 5.74) is -0.987. The monoisotopic (exact) mass is 282 g/mol. The van der Waals surface area contributed by atoms with Crippen LogP contribution in [0.2, 0.25) is 0 Å². The molecule has 1 aliphatic rings. The lowest BCUT2D eigenvalue weighted by Crippen LogP contribution is -2.35. The molecule has 4 heteroatoms. The predicted molar refractivity (Wildman–Crippen MR) is 77.5 cm³/mol. The maximum Gasteiger partial charge on any atom is 0.194 e. The number of hydrogen-bond acceptors (Lipinski definition) is 4. The molecule has 0 fully saturated rings. The Morgan fingerprint density at radius 2 is 1.48 bits per heavy atom. The highest BCUT2D eigenvalue weighted by Crippen LogP contribution is 2.48. The highest BCUT2D eigenvalue weighted by atomic mass is 16.3. The first-order chi connectivity index (χ1) is 10.0. The average Bonchev–Trinajstić information content (AvgIpc) is 2.44. The Labute approximate surface area is 121 Å². The Hall–Kier alpha value is -2.59. The highest BCUT2D eigenvalue weighted by Gasteiger charge is 2.45. The third-order valence-corrected chi connectivity index (χ3v) is 3.84. The number of aromatic hydroxyl groups is 2. The first-order valence-corrected chi connectivity index (χ1v) is 6.53. The third-order valence-electron chi connectivity index (χ3n) is 3.84. The minimum atomic E-state index is -1.68. The van der Waals surface area contributed by atoms with E-state index in [0.717, 1.165) is 0 Å². The van der Waals surface area contributed by atoms with Gasteiger partial charge in [0.2, 0.25) is 0 Å². The summed E-state index contributed by atoms with van der Waals surface area (Å²) in [6, 6.07) is 9.02. The predicted octanol–water partition coefficient (Wildman–Crippen LogP) is 2.45. The number of fused-ring (bicyclic) bond motifs is 2. The van der Waals surface area contributed by atoms with Gasteiger partial charge in [-0.2, -0.15) is 0 Å². The van der Waals surface area contributed by atoms with Crippen molar-refractivity contribution in [3.63, 3.8) is 0 Å². The van der Waals surface area contributed by atoms with Crippen LogP contribution >= 0.6 is 0 Å². The van der Waals surface area contributed by atoms with E-state index in [9.17, 15) is 20.1 Å². The van der Waals surface area contributed by atoms with Gasteiger partial charge in [0.1, 0.15) is 17.1 Å². The molecule has 4 nitrogen and oxygen atoms in total. The van der Waals surface area contributed by atoms with Crippen molar-refractivity contribution in [2.24, 2.45) is 0 Å². The molecule has 2 aromatic rings. The molecule has 0 heterocycles. The van der Waals surface area contributed by atoms with Crippen LogP contribution in [0.1, 0.15) is 33.5 Å². The van der Waals surface area contributed by atoms with Crippen LogP contribution in [0.25, 0.3) is 0 Å². The van der Waals surface area contributed by atoms with Crippen molar-refractivity contribution in [2.45, 2.75) is 12.0 Å². The van der Waals surface area contributed by atoms with E-state index >= 15 is 0 Å². The van der Waals surface area contributed by atoms with Gasteiger partial charge in [-0.25, -0.2) is 0 Å². The van der Waals surface area contributed by atoms with E-state index in [4.69, 9.17) is 0 Å². The van der Waals surface area contributed by atoms with Gasteiger partial charge in [-0.3, -0.25) is 4.79 Å². The summed E-state index contributed by atoms with van der Waals surface area (Å²) in [4.78, 5) is 12.5. The standard InChI is InChI=1S/C17H14O4/c1-2-9-17(21)14-10(5-3-7-12(14)18)16(20)11-6-4-8-13(19)15(11)17/h2-8,18-19,21H,1,9H2. The third kappa shape index (κ3) is 1.69. The highest BCUT2D eigenvalue weighted by molar-refractivity contribution is 6.13. The van der Waals surface area contributed by atoms with Crippen molar-refractivity contribution < 1.29 is 20.1 Å². The number of benzene rings is 2. The molecule has 0 aliphatic heterocycles. The van der Waals surface area contributed by atoms with Crippen LogP contribution in [-0.2, 0) is 5.60 Å². The second kappa shape index (κ2) is 4.46. The zero-order valence-corrected chi connectivity index (χ0v) is 11.2. The van der Waals surface area contributed by atoms with Gasteiger partial charge in [0, 0.05) is 28.7 Å². The first-order valence-electron chi connectivity index (χ1n) is 6.53. The van der Waals surface area contributed by atoms with Gasteiger partial charge in [0.05, 0.1) is 0 Å². The molecular weight excluding hydrogens is 268 g/mol. The van der Waals surface area contributed by atoms with Crippen LogP contribution in [0.4, 0.5) is 0 Å². The number of aliphatic hydroxyl groups is 1. The minimum Gasteiger partial charge on any atom is -0.508 e. The zero-order chi connectivity index (χ0) is 15.2. The van der Waals surface area contributed by atoms with E-state index in [2.05, 4.69) is 6.58 Å². The first kappa shape index (κ1) is 13.4. The molecule has 0 atom stereocenters. The van der Waals surface area contributed by atoms with E-state index in [1.165, 1.54) is 18.2 Å². The molecule has 0 saturated carbocycles. The van der Waals surface area contributed by atoms with Crippen molar-refractivity contribution in [3.8, 4) is 11.5 Å². The summed E-state index contributed by atoms with van der Waals surface area (Å²) in [5.74, 6) is -0.696. The van der Waals surface area contributed by atoms with Crippen molar-refractivity contribution in [2.75, 3.05) is 0 Å². The topological polar surface area (TPSA) is 77.8 Å². The number of carbonyl (C=O) groups is 1. The minimum absolute atomic E-state index is 0.0649. The summed E-state index contributed by atoms with van der Waals surface area (Å²) in [7, 11) is 0. The molecule has 0 aromatic heterocycles. The summed E-state index contributed by atoms with van der Waals surface area (Å²) in [6.07, 6.45) is 1.55. The van der Waals surface area contributed by atoms with Crippen LogP contribution in [0.15, 0.2) is 49.1 Å². The van der Waals surface area contributed by atoms with Crippen LogP contribution < -0.4 is 0 Å². The smallest absolute Gasteiger partial charge is 0.194 e. The number of rotatable bonds is 2. The van der Waals surface area contributed by atoms with E-state index in [1.807, 2.05) is 0 Å². The number of hydrogen-bond donors (Lipinski definition) is 3. The van der Waals surface area contributed by atoms with Crippen LogP contribution in [-0.4, -0.2) is 21.1 Å². The molecule has 2 aromatic carbocycles. The maximum absolute atomic E-state index is 12.5. The molecular formula is C17H14O4. The van der Waals surface area contributed by atoms with E-state index in [1.54, 1.807) is 24.3 Å². The van der Waals surface area contributed by atoms with Crippen molar-refractivity contribution in [3.05, 3.63) is 71.3 Å². The lowest BCUT2D eigenvalue weighted by Gasteiger charge is -2.36. The quantitative estimate of drug-likeness (QED) is 0.739. The molecule has 0 saturated heterocycles. The van der Waals surface area contributed by atoms with E-state index in [0.29, 0.717) is 0 Å². The van der Waals surface area contributed by atoms with Gasteiger partial charge in [0.25, 0.3) is 0 Å². The second-order valence-corrected chi connectivity index (χ2v) is 5.08. The summed E-state index contributed by atoms with van der Waals surface area (Å²) in [5, 5.41) is 31.4. The number of carbonyl (C=O) groups excluding carboxylic acids is 1. The Morgan fingerprint density at radius 3 is 1.90 bits per heavy atom. The largest absolute Gasteiger partial charge is 0.508 e. The maximum atomic E-state index is 12.5. The Bertz CT molecular complexity index is 706. The van der Waals surface area contributed by atoms with Gasteiger partial charge in [-0.15, -0.1) is 6.58 Å². The fraction of sp³-hybridized carbons (Fsp3) is 0.118. The Morgan fingerprint density at radius 1 is 1.00 bits per heavy atom. The molecule has 0 unspecified atom stereocenters. The Kier molecular flexibility index (Phi) is 2.85. The average molecular weight is 282 g/mol. The molecule has 3 N–H and O–H groups in total. The number of ketones is 1. The van der Waals surface area contributed by atoms with Gasteiger partial charge >= 0.3 is 0 Å². The molecule has 3 rings (SSSR count). The Balaban J connectivity index is 2.44. The van der Waals surface area contributed by atoms with Crippen molar-refractivity contribution in [1.82, 2.24) is 0 Å². The number of phenols is 2. The molecule has 1 aliphatic carbocycles. The normalized spacial score (nSPS) is 15.2. The SMILES string of the molecule is C=CCC1(O)c2c(O)cccc2C(=O)c2cccc(O)c21. The molecule has 0 spiro atoms.